The smallest absolute Gasteiger partial charge is 0.308 e. The van der Waals surface area contributed by atoms with Crippen molar-refractivity contribution in [3.05, 3.63) is 17.6 Å². The Morgan fingerprint density at radius 3 is 2.80 bits per heavy atom. The highest BCUT2D eigenvalue weighted by atomic mass is 16.5. The van der Waals surface area contributed by atoms with Crippen LogP contribution in [0.25, 0.3) is 0 Å². The Hall–Kier alpha value is -1.65. The van der Waals surface area contributed by atoms with Crippen LogP contribution in [0.4, 0.5) is 0 Å². The SMILES string of the molecule is CCOc1nc(CC)ncc1CC(=O)O. The minimum absolute atomic E-state index is 0.112. The van der Waals surface area contributed by atoms with Crippen LogP contribution in [0.5, 0.6) is 5.88 Å². The van der Waals surface area contributed by atoms with Gasteiger partial charge in [-0.15, -0.1) is 0 Å². The Bertz CT molecular complexity index is 353. The fourth-order valence-electron chi connectivity index (χ4n) is 1.14. The van der Waals surface area contributed by atoms with Gasteiger partial charge >= 0.3 is 5.97 Å². The van der Waals surface area contributed by atoms with E-state index in [1.165, 1.54) is 6.20 Å². The molecule has 0 aliphatic carbocycles. The van der Waals surface area contributed by atoms with Crippen molar-refractivity contribution < 1.29 is 14.6 Å². The molecule has 0 saturated carbocycles. The molecule has 0 radical (unpaired) electrons. The van der Waals surface area contributed by atoms with E-state index in [4.69, 9.17) is 9.84 Å². The quantitative estimate of drug-likeness (QED) is 0.786. The van der Waals surface area contributed by atoms with Crippen molar-refractivity contribution in [3.63, 3.8) is 0 Å². The van der Waals surface area contributed by atoms with Crippen LogP contribution in [0.15, 0.2) is 6.20 Å². The Morgan fingerprint density at radius 2 is 2.27 bits per heavy atom. The molecule has 82 valence electrons. The number of carboxylic acids is 1. The summed E-state index contributed by atoms with van der Waals surface area (Å²) in [6.45, 7) is 4.23. The van der Waals surface area contributed by atoms with Crippen LogP contribution in [0, 0.1) is 0 Å². The summed E-state index contributed by atoms with van der Waals surface area (Å²) in [4.78, 5) is 18.7. The molecule has 5 heteroatoms. The van der Waals surface area contributed by atoms with Gasteiger partial charge in [-0.1, -0.05) is 6.92 Å². The lowest BCUT2D eigenvalue weighted by Crippen LogP contribution is -2.08. The second-order valence-corrected chi connectivity index (χ2v) is 2.97. The number of hydrogen-bond donors (Lipinski definition) is 1. The topological polar surface area (TPSA) is 72.3 Å². The maximum Gasteiger partial charge on any atom is 0.308 e. The molecule has 0 aliphatic heterocycles. The van der Waals surface area contributed by atoms with Gasteiger partial charge in [0, 0.05) is 18.2 Å². The number of ether oxygens (including phenoxy) is 1. The van der Waals surface area contributed by atoms with E-state index in [0.717, 1.165) is 0 Å². The highest BCUT2D eigenvalue weighted by molar-refractivity contribution is 5.70. The lowest BCUT2D eigenvalue weighted by molar-refractivity contribution is -0.136. The highest BCUT2D eigenvalue weighted by Gasteiger charge is 2.10. The van der Waals surface area contributed by atoms with Crippen molar-refractivity contribution in [2.24, 2.45) is 0 Å². The number of carbonyl (C=O) groups is 1. The van der Waals surface area contributed by atoms with Crippen LogP contribution < -0.4 is 4.74 Å². The van der Waals surface area contributed by atoms with Crippen molar-refractivity contribution in [1.82, 2.24) is 9.97 Å². The van der Waals surface area contributed by atoms with E-state index in [0.29, 0.717) is 30.3 Å². The zero-order chi connectivity index (χ0) is 11.3. The zero-order valence-electron chi connectivity index (χ0n) is 8.86. The molecule has 0 bridgehead atoms. The summed E-state index contributed by atoms with van der Waals surface area (Å²) in [6.07, 6.45) is 2.11. The molecule has 0 amide bonds. The average Bonchev–Trinajstić information content (AvgIpc) is 2.20. The minimum atomic E-state index is -0.913. The van der Waals surface area contributed by atoms with Crippen LogP contribution in [-0.4, -0.2) is 27.7 Å². The number of carboxylic acid groups (broad SMARTS) is 1. The summed E-state index contributed by atoms with van der Waals surface area (Å²) in [6, 6.07) is 0. The standard InChI is InChI=1S/C10H14N2O3/c1-3-8-11-6-7(5-9(13)14)10(12-8)15-4-2/h6H,3-5H2,1-2H3,(H,13,14). The molecule has 0 unspecified atom stereocenters. The Labute approximate surface area is 88.1 Å². The van der Waals surface area contributed by atoms with E-state index in [1.54, 1.807) is 0 Å². The van der Waals surface area contributed by atoms with Gasteiger partial charge in [-0.05, 0) is 6.92 Å². The molecule has 15 heavy (non-hydrogen) atoms. The second kappa shape index (κ2) is 5.29. The molecule has 1 aromatic rings. The van der Waals surface area contributed by atoms with E-state index in [9.17, 15) is 4.79 Å². The molecule has 0 spiro atoms. The van der Waals surface area contributed by atoms with Crippen molar-refractivity contribution in [2.45, 2.75) is 26.7 Å². The molecule has 0 aliphatic rings. The fraction of sp³-hybridized carbons (Fsp3) is 0.500. The van der Waals surface area contributed by atoms with Gasteiger partial charge < -0.3 is 9.84 Å². The third kappa shape index (κ3) is 3.19. The first kappa shape index (κ1) is 11.4. The summed E-state index contributed by atoms with van der Waals surface area (Å²) < 4.78 is 5.27. The first-order valence-electron chi connectivity index (χ1n) is 4.86. The maximum absolute atomic E-state index is 10.6. The monoisotopic (exact) mass is 210 g/mol. The van der Waals surface area contributed by atoms with E-state index in [2.05, 4.69) is 9.97 Å². The molecule has 1 heterocycles. The first-order valence-corrected chi connectivity index (χ1v) is 4.86. The lowest BCUT2D eigenvalue weighted by Gasteiger charge is -2.07. The van der Waals surface area contributed by atoms with Gasteiger partial charge in [-0.25, -0.2) is 4.98 Å². The van der Waals surface area contributed by atoms with Crippen LogP contribution in [0.3, 0.4) is 0 Å². The van der Waals surface area contributed by atoms with E-state index in [1.807, 2.05) is 13.8 Å². The molecule has 0 atom stereocenters. The minimum Gasteiger partial charge on any atom is -0.481 e. The molecular weight excluding hydrogens is 196 g/mol. The summed E-state index contributed by atoms with van der Waals surface area (Å²) >= 11 is 0. The van der Waals surface area contributed by atoms with E-state index in [-0.39, 0.29) is 6.42 Å². The van der Waals surface area contributed by atoms with Crippen LogP contribution in [-0.2, 0) is 17.6 Å². The zero-order valence-corrected chi connectivity index (χ0v) is 8.86. The van der Waals surface area contributed by atoms with Gasteiger partial charge in [0.2, 0.25) is 5.88 Å². The Balaban J connectivity index is 2.97. The van der Waals surface area contributed by atoms with Crippen LogP contribution in [0.2, 0.25) is 0 Å². The predicted molar refractivity (Wildman–Crippen MR) is 53.9 cm³/mol. The number of aryl methyl sites for hydroxylation is 1. The third-order valence-electron chi connectivity index (χ3n) is 1.81. The van der Waals surface area contributed by atoms with Gasteiger partial charge in [0.1, 0.15) is 5.82 Å². The normalized spacial score (nSPS) is 10.0. The van der Waals surface area contributed by atoms with Crippen molar-refractivity contribution in [1.29, 1.82) is 0 Å². The molecule has 0 saturated heterocycles. The van der Waals surface area contributed by atoms with Crippen molar-refractivity contribution in [2.75, 3.05) is 6.61 Å². The molecule has 0 aromatic carbocycles. The van der Waals surface area contributed by atoms with Crippen molar-refractivity contribution >= 4 is 5.97 Å². The maximum atomic E-state index is 10.6. The van der Waals surface area contributed by atoms with E-state index >= 15 is 0 Å². The number of rotatable bonds is 5. The number of hydrogen-bond acceptors (Lipinski definition) is 4. The third-order valence-corrected chi connectivity index (χ3v) is 1.81. The van der Waals surface area contributed by atoms with Gasteiger partial charge in [0.15, 0.2) is 0 Å². The summed E-state index contributed by atoms with van der Waals surface area (Å²) in [5, 5.41) is 8.67. The fourth-order valence-corrected chi connectivity index (χ4v) is 1.14. The van der Waals surface area contributed by atoms with Crippen molar-refractivity contribution in [3.8, 4) is 5.88 Å². The summed E-state index contributed by atoms with van der Waals surface area (Å²) in [5.74, 6) is 0.128. The van der Waals surface area contributed by atoms with Gasteiger partial charge in [-0.3, -0.25) is 4.79 Å². The lowest BCUT2D eigenvalue weighted by atomic mass is 10.2. The van der Waals surface area contributed by atoms with Gasteiger partial charge in [-0.2, -0.15) is 4.98 Å². The molecule has 5 nitrogen and oxygen atoms in total. The predicted octanol–water partition coefficient (Wildman–Crippen LogP) is 1.06. The number of aliphatic carboxylic acids is 1. The van der Waals surface area contributed by atoms with E-state index < -0.39 is 5.97 Å². The van der Waals surface area contributed by atoms with Gasteiger partial charge in [0.05, 0.1) is 13.0 Å². The number of aromatic nitrogens is 2. The molecule has 1 N–H and O–H groups in total. The summed E-state index contributed by atoms with van der Waals surface area (Å²) in [5.41, 5.74) is 0.515. The molecule has 1 aromatic heterocycles. The number of nitrogens with zero attached hydrogens (tertiary/aromatic N) is 2. The largest absolute Gasteiger partial charge is 0.481 e. The molecule has 0 fully saturated rings. The Morgan fingerprint density at radius 1 is 1.53 bits per heavy atom. The molecular formula is C10H14N2O3. The second-order valence-electron chi connectivity index (χ2n) is 2.97. The van der Waals surface area contributed by atoms with Gasteiger partial charge in [0.25, 0.3) is 0 Å². The summed E-state index contributed by atoms with van der Waals surface area (Å²) in [7, 11) is 0. The Kier molecular flexibility index (Phi) is 4.03. The molecule has 1 rings (SSSR count). The van der Waals surface area contributed by atoms with Crippen LogP contribution >= 0.6 is 0 Å². The highest BCUT2D eigenvalue weighted by Crippen LogP contribution is 2.15. The van der Waals surface area contributed by atoms with Crippen LogP contribution in [0.1, 0.15) is 25.2 Å². The average molecular weight is 210 g/mol. The first-order chi connectivity index (χ1) is 7.17.